The van der Waals surface area contributed by atoms with Crippen LogP contribution in [0.4, 0.5) is 0 Å². The fourth-order valence-electron chi connectivity index (χ4n) is 7.68. The molecule has 0 amide bonds. The van der Waals surface area contributed by atoms with Gasteiger partial charge in [0.15, 0.2) is 5.82 Å². The number of nitrogens with zero attached hydrogens (tertiary/aromatic N) is 4. The summed E-state index contributed by atoms with van der Waals surface area (Å²) in [7, 11) is 0. The van der Waals surface area contributed by atoms with Gasteiger partial charge in [0.1, 0.15) is 5.01 Å². The van der Waals surface area contributed by atoms with Crippen molar-refractivity contribution in [1.29, 1.82) is 0 Å². The van der Waals surface area contributed by atoms with E-state index in [0.717, 1.165) is 78.8 Å². The zero-order valence-electron chi connectivity index (χ0n) is 29.6. The second kappa shape index (κ2) is 13.4. The van der Waals surface area contributed by atoms with E-state index in [1.807, 2.05) is 24.3 Å². The first-order valence-electron chi connectivity index (χ1n) is 18.3. The van der Waals surface area contributed by atoms with Crippen molar-refractivity contribution in [3.8, 4) is 61.3 Å². The van der Waals surface area contributed by atoms with Gasteiger partial charge in [-0.2, -0.15) is 0 Å². The van der Waals surface area contributed by atoms with E-state index in [1.54, 1.807) is 11.3 Å². The third-order valence-electron chi connectivity index (χ3n) is 10.3. The molecule has 0 radical (unpaired) electrons. The summed E-state index contributed by atoms with van der Waals surface area (Å²) in [6, 6.07) is 62.1. The second-order valence-corrected chi connectivity index (χ2v) is 14.5. The van der Waals surface area contributed by atoms with Crippen molar-refractivity contribution < 1.29 is 0 Å². The van der Waals surface area contributed by atoms with Crippen LogP contribution in [0.25, 0.3) is 93.3 Å². The summed E-state index contributed by atoms with van der Waals surface area (Å²) in [6.07, 6.45) is 0.821. The molecule has 0 fully saturated rings. The first-order valence-corrected chi connectivity index (χ1v) is 19.2. The van der Waals surface area contributed by atoms with E-state index in [4.69, 9.17) is 15.0 Å². The largest absolute Gasteiger partial charge is 0.309 e. The van der Waals surface area contributed by atoms with Crippen molar-refractivity contribution in [1.82, 2.24) is 19.5 Å². The van der Waals surface area contributed by atoms with Crippen LogP contribution in [0.3, 0.4) is 0 Å². The molecule has 0 aliphatic heterocycles. The number of thiazole rings is 1. The van der Waals surface area contributed by atoms with Gasteiger partial charge >= 0.3 is 0 Å². The quantitative estimate of drug-likeness (QED) is 0.165. The molecular weight excluding hydrogens is 677 g/mol. The van der Waals surface area contributed by atoms with Crippen molar-refractivity contribution in [3.63, 3.8) is 0 Å². The van der Waals surface area contributed by atoms with Gasteiger partial charge in [0.25, 0.3) is 0 Å². The minimum atomic E-state index is 0.734. The predicted octanol–water partition coefficient (Wildman–Crippen LogP) is 13.1. The second-order valence-electron chi connectivity index (χ2n) is 13.5. The first kappa shape index (κ1) is 32.0. The van der Waals surface area contributed by atoms with Gasteiger partial charge < -0.3 is 4.57 Å². The summed E-state index contributed by atoms with van der Waals surface area (Å²) in [6.45, 7) is 2.19. The Morgan fingerprint density at radius 2 is 1.06 bits per heavy atom. The highest BCUT2D eigenvalue weighted by Crippen LogP contribution is 2.41. The normalized spacial score (nSPS) is 11.5. The van der Waals surface area contributed by atoms with Crippen LogP contribution < -0.4 is 0 Å². The van der Waals surface area contributed by atoms with Crippen LogP contribution in [0, 0.1) is 0 Å². The van der Waals surface area contributed by atoms with E-state index < -0.39 is 0 Å². The highest BCUT2D eigenvalue weighted by molar-refractivity contribution is 7.21. The summed E-state index contributed by atoms with van der Waals surface area (Å²) in [5.41, 5.74) is 14.3. The monoisotopic (exact) mass is 710 g/mol. The summed E-state index contributed by atoms with van der Waals surface area (Å²) < 4.78 is 3.59. The Morgan fingerprint density at radius 3 is 1.76 bits per heavy atom. The SMILES string of the molecule is CCc1c(-c2ccccc2)nc(-c2ccccc2)nc1-c1ccc(-c2ccc(-n3c4ccccc4c4cccc(-c5nc6ccccc6s5)c43)cc2)cc1. The van der Waals surface area contributed by atoms with E-state index in [1.165, 1.54) is 26.5 Å². The number of benzene rings is 7. The Morgan fingerprint density at radius 1 is 0.481 bits per heavy atom. The number of rotatable bonds is 7. The zero-order valence-corrected chi connectivity index (χ0v) is 30.5. The van der Waals surface area contributed by atoms with Gasteiger partial charge in [0.2, 0.25) is 0 Å². The maximum absolute atomic E-state index is 5.19. The van der Waals surface area contributed by atoms with Crippen LogP contribution in [-0.4, -0.2) is 19.5 Å². The lowest BCUT2D eigenvalue weighted by Crippen LogP contribution is -2.02. The fraction of sp³-hybridized carbons (Fsp3) is 0.0408. The first-order chi connectivity index (χ1) is 26.7. The van der Waals surface area contributed by atoms with Gasteiger partial charge in [-0.1, -0.05) is 146 Å². The van der Waals surface area contributed by atoms with E-state index in [2.05, 4.69) is 163 Å². The summed E-state index contributed by atoms with van der Waals surface area (Å²) in [4.78, 5) is 15.4. The van der Waals surface area contributed by atoms with Crippen LogP contribution in [0.1, 0.15) is 12.5 Å². The molecule has 0 saturated heterocycles. The van der Waals surface area contributed by atoms with Crippen molar-refractivity contribution in [2.24, 2.45) is 0 Å². The third kappa shape index (κ3) is 5.49. The van der Waals surface area contributed by atoms with Gasteiger partial charge in [0.05, 0.1) is 32.6 Å². The lowest BCUT2D eigenvalue weighted by molar-refractivity contribution is 1.06. The molecule has 4 nitrogen and oxygen atoms in total. The minimum absolute atomic E-state index is 0.734. The lowest BCUT2D eigenvalue weighted by atomic mass is 9.96. The van der Waals surface area contributed by atoms with Crippen LogP contribution in [0.5, 0.6) is 0 Å². The molecule has 0 unspecified atom stereocenters. The molecule has 0 atom stereocenters. The summed E-state index contributed by atoms with van der Waals surface area (Å²) in [5.74, 6) is 0.734. The predicted molar refractivity (Wildman–Crippen MR) is 226 cm³/mol. The molecule has 5 heteroatoms. The Balaban J connectivity index is 1.05. The number of aromatic nitrogens is 4. The number of hydrogen-bond acceptors (Lipinski definition) is 4. The molecular formula is C49H34N4S. The van der Waals surface area contributed by atoms with E-state index in [0.29, 0.717) is 0 Å². The standard InChI is InChI=1S/C49H34N4S/c1-2-38-45(34-14-5-3-6-15-34)51-48(36-16-7-4-8-17-36)52-46(38)35-26-24-32(25-27-35)33-28-30-37(31-29-33)53-43-22-11-9-18-39(43)40-19-13-20-41(47(40)53)49-50-42-21-10-12-23-44(42)54-49/h3-31H,2H2,1H3. The van der Waals surface area contributed by atoms with Crippen molar-refractivity contribution in [3.05, 3.63) is 181 Å². The molecule has 7 aromatic carbocycles. The van der Waals surface area contributed by atoms with Crippen molar-refractivity contribution in [2.75, 3.05) is 0 Å². The maximum Gasteiger partial charge on any atom is 0.160 e. The van der Waals surface area contributed by atoms with Gasteiger partial charge in [-0.15, -0.1) is 11.3 Å². The van der Waals surface area contributed by atoms with E-state index in [9.17, 15) is 0 Å². The molecule has 0 spiro atoms. The van der Waals surface area contributed by atoms with Gasteiger partial charge in [-0.25, -0.2) is 15.0 Å². The number of fused-ring (bicyclic) bond motifs is 4. The molecule has 256 valence electrons. The molecule has 0 N–H and O–H groups in total. The Labute approximate surface area is 317 Å². The molecule has 3 aromatic heterocycles. The summed E-state index contributed by atoms with van der Waals surface area (Å²) >= 11 is 1.75. The van der Waals surface area contributed by atoms with E-state index in [-0.39, 0.29) is 0 Å². The Bertz CT molecular complexity index is 2910. The molecule has 10 aromatic rings. The number of para-hydroxylation sites is 3. The lowest BCUT2D eigenvalue weighted by Gasteiger charge is -2.16. The molecule has 0 saturated carbocycles. The topological polar surface area (TPSA) is 43.6 Å². The fourth-order valence-corrected chi connectivity index (χ4v) is 8.67. The smallest absolute Gasteiger partial charge is 0.160 e. The highest BCUT2D eigenvalue weighted by Gasteiger charge is 2.20. The molecule has 54 heavy (non-hydrogen) atoms. The zero-order chi connectivity index (χ0) is 36.0. The molecule has 0 bridgehead atoms. The Hall–Kier alpha value is -6.69. The van der Waals surface area contributed by atoms with E-state index >= 15 is 0 Å². The van der Waals surface area contributed by atoms with Crippen molar-refractivity contribution >= 4 is 43.4 Å². The average molecular weight is 711 g/mol. The number of hydrogen-bond donors (Lipinski definition) is 0. The molecule has 10 rings (SSSR count). The Kier molecular flexibility index (Phi) is 7.93. The van der Waals surface area contributed by atoms with Gasteiger partial charge in [-0.3, -0.25) is 0 Å². The van der Waals surface area contributed by atoms with Crippen LogP contribution in [0.2, 0.25) is 0 Å². The average Bonchev–Trinajstić information content (AvgIpc) is 3.84. The van der Waals surface area contributed by atoms with Gasteiger partial charge in [-0.05, 0) is 53.9 Å². The highest BCUT2D eigenvalue weighted by atomic mass is 32.1. The van der Waals surface area contributed by atoms with Gasteiger partial charge in [0, 0.05) is 44.3 Å². The van der Waals surface area contributed by atoms with Crippen molar-refractivity contribution in [2.45, 2.75) is 13.3 Å². The maximum atomic E-state index is 5.19. The third-order valence-corrected chi connectivity index (χ3v) is 11.3. The molecule has 0 aliphatic rings. The summed E-state index contributed by atoms with van der Waals surface area (Å²) in [5, 5.41) is 3.49. The minimum Gasteiger partial charge on any atom is -0.309 e. The van der Waals surface area contributed by atoms with Crippen LogP contribution in [0.15, 0.2) is 176 Å². The van der Waals surface area contributed by atoms with Crippen LogP contribution >= 0.6 is 11.3 Å². The van der Waals surface area contributed by atoms with Crippen LogP contribution in [-0.2, 0) is 6.42 Å². The molecule has 3 heterocycles. The molecule has 0 aliphatic carbocycles.